The summed E-state index contributed by atoms with van der Waals surface area (Å²) in [5.41, 5.74) is 0.958. The van der Waals surface area contributed by atoms with Crippen molar-refractivity contribution >= 4 is 23.3 Å². The number of aliphatic hydroxyl groups excluding tert-OH is 1. The molecular weight excluding hydrogens is 218 g/mol. The molecular formula is C8H15N3OS2. The minimum Gasteiger partial charge on any atom is -0.395 e. The highest BCUT2D eigenvalue weighted by Gasteiger charge is 2.14. The van der Waals surface area contributed by atoms with Gasteiger partial charge in [-0.2, -0.15) is 11.8 Å². The van der Waals surface area contributed by atoms with Crippen molar-refractivity contribution in [2.45, 2.75) is 24.8 Å². The molecule has 1 aromatic heterocycles. The zero-order chi connectivity index (χ0) is 10.4. The quantitative estimate of drug-likeness (QED) is 0.759. The highest BCUT2D eigenvalue weighted by atomic mass is 32.2. The lowest BCUT2D eigenvalue weighted by Gasteiger charge is -2.20. The van der Waals surface area contributed by atoms with E-state index in [9.17, 15) is 0 Å². The molecule has 80 valence electrons. The molecule has 14 heavy (non-hydrogen) atoms. The van der Waals surface area contributed by atoms with E-state index in [1.165, 1.54) is 11.5 Å². The van der Waals surface area contributed by atoms with Crippen LogP contribution in [0.5, 0.6) is 0 Å². The van der Waals surface area contributed by atoms with Gasteiger partial charge in [0.15, 0.2) is 0 Å². The highest BCUT2D eigenvalue weighted by Crippen LogP contribution is 2.10. The van der Waals surface area contributed by atoms with Gasteiger partial charge in [0.05, 0.1) is 12.3 Å². The maximum Gasteiger partial charge on any atom is 0.0893 e. The van der Waals surface area contributed by atoms with Crippen LogP contribution in [0.1, 0.15) is 12.6 Å². The number of hydrogen-bond acceptors (Lipinski definition) is 6. The summed E-state index contributed by atoms with van der Waals surface area (Å²) >= 11 is 3.02. The second-order valence-corrected chi connectivity index (χ2v) is 4.71. The van der Waals surface area contributed by atoms with E-state index in [0.717, 1.165) is 5.69 Å². The van der Waals surface area contributed by atoms with Crippen molar-refractivity contribution in [3.8, 4) is 0 Å². The lowest BCUT2D eigenvalue weighted by molar-refractivity contribution is 0.275. The second kappa shape index (κ2) is 6.34. The Bertz CT molecular complexity index is 239. The fraction of sp³-hybridized carbons (Fsp3) is 0.750. The van der Waals surface area contributed by atoms with Gasteiger partial charge in [-0.3, -0.25) is 0 Å². The molecule has 2 atom stereocenters. The van der Waals surface area contributed by atoms with Gasteiger partial charge in [0, 0.05) is 23.2 Å². The molecule has 0 amide bonds. The lowest BCUT2D eigenvalue weighted by atomic mass is 10.2. The van der Waals surface area contributed by atoms with Crippen LogP contribution in [0.3, 0.4) is 0 Å². The number of thioether (sulfide) groups is 1. The standard InChI is InChI=1S/C8H15N3OS2/c1-6(8(4-12)13-2)9-3-7-5-14-11-10-7/h5-6,8-9,12H,3-4H2,1-2H3. The molecule has 1 aromatic rings. The highest BCUT2D eigenvalue weighted by molar-refractivity contribution is 7.99. The molecule has 0 bridgehead atoms. The van der Waals surface area contributed by atoms with Gasteiger partial charge in [0.1, 0.15) is 0 Å². The molecule has 0 aromatic carbocycles. The molecule has 0 aliphatic heterocycles. The number of rotatable bonds is 6. The van der Waals surface area contributed by atoms with Crippen LogP contribution in [-0.2, 0) is 6.54 Å². The molecule has 0 spiro atoms. The van der Waals surface area contributed by atoms with E-state index in [1.807, 2.05) is 11.6 Å². The van der Waals surface area contributed by atoms with Crippen molar-refractivity contribution in [1.82, 2.24) is 14.9 Å². The summed E-state index contributed by atoms with van der Waals surface area (Å²) in [4.78, 5) is 0. The Balaban J connectivity index is 2.30. The van der Waals surface area contributed by atoms with Gasteiger partial charge in [-0.1, -0.05) is 4.49 Å². The Morgan fingerprint density at radius 3 is 3.00 bits per heavy atom. The van der Waals surface area contributed by atoms with Crippen molar-refractivity contribution < 1.29 is 5.11 Å². The van der Waals surface area contributed by atoms with E-state index in [4.69, 9.17) is 5.11 Å². The van der Waals surface area contributed by atoms with Gasteiger partial charge in [-0.15, -0.1) is 5.10 Å². The minimum absolute atomic E-state index is 0.199. The van der Waals surface area contributed by atoms with Gasteiger partial charge in [0.25, 0.3) is 0 Å². The number of aromatic nitrogens is 2. The Morgan fingerprint density at radius 1 is 1.71 bits per heavy atom. The van der Waals surface area contributed by atoms with E-state index in [-0.39, 0.29) is 17.9 Å². The predicted molar refractivity (Wildman–Crippen MR) is 60.6 cm³/mol. The molecule has 4 nitrogen and oxygen atoms in total. The Labute approximate surface area is 92.3 Å². The molecule has 0 radical (unpaired) electrons. The third-order valence-corrected chi connectivity index (χ3v) is 3.77. The number of nitrogens with zero attached hydrogens (tertiary/aromatic N) is 2. The average Bonchev–Trinajstić information content (AvgIpc) is 2.69. The third kappa shape index (κ3) is 3.53. The summed E-state index contributed by atoms with van der Waals surface area (Å²) in [6, 6.07) is 0.275. The van der Waals surface area contributed by atoms with Crippen molar-refractivity contribution in [1.29, 1.82) is 0 Å². The second-order valence-electron chi connectivity index (χ2n) is 3.02. The van der Waals surface area contributed by atoms with Gasteiger partial charge in [-0.25, -0.2) is 0 Å². The van der Waals surface area contributed by atoms with E-state index >= 15 is 0 Å². The number of nitrogens with one attached hydrogen (secondary N) is 1. The molecule has 1 rings (SSSR count). The van der Waals surface area contributed by atoms with Crippen LogP contribution >= 0.6 is 23.3 Å². The third-order valence-electron chi connectivity index (χ3n) is 2.05. The summed E-state index contributed by atoms with van der Waals surface area (Å²) in [6.45, 7) is 2.98. The zero-order valence-corrected chi connectivity index (χ0v) is 9.94. The molecule has 1 heterocycles. The summed E-state index contributed by atoms with van der Waals surface area (Å²) in [5.74, 6) is 0. The first-order valence-electron chi connectivity index (χ1n) is 4.41. The largest absolute Gasteiger partial charge is 0.395 e. The molecule has 2 N–H and O–H groups in total. The topological polar surface area (TPSA) is 58.0 Å². The van der Waals surface area contributed by atoms with Gasteiger partial charge in [-0.05, 0) is 24.7 Å². The van der Waals surface area contributed by atoms with E-state index in [1.54, 1.807) is 11.8 Å². The zero-order valence-electron chi connectivity index (χ0n) is 8.30. The molecule has 0 aliphatic rings. The van der Waals surface area contributed by atoms with Crippen LogP contribution in [-0.4, -0.2) is 38.8 Å². The van der Waals surface area contributed by atoms with Crippen molar-refractivity contribution in [3.05, 3.63) is 11.1 Å². The van der Waals surface area contributed by atoms with Crippen molar-refractivity contribution in [2.24, 2.45) is 0 Å². The summed E-state index contributed by atoms with van der Waals surface area (Å²) < 4.78 is 3.78. The van der Waals surface area contributed by atoms with Crippen LogP contribution in [0.15, 0.2) is 5.38 Å². The normalized spacial score (nSPS) is 15.4. The van der Waals surface area contributed by atoms with E-state index < -0.39 is 0 Å². The van der Waals surface area contributed by atoms with Crippen LogP contribution in [0.25, 0.3) is 0 Å². The molecule has 0 aliphatic carbocycles. The predicted octanol–water partition coefficient (Wildman–Crippen LogP) is 0.740. The lowest BCUT2D eigenvalue weighted by Crippen LogP contribution is -2.37. The molecule has 0 saturated heterocycles. The molecule has 2 unspecified atom stereocenters. The SMILES string of the molecule is CSC(CO)C(C)NCc1csnn1. The maximum absolute atomic E-state index is 9.07. The number of aliphatic hydroxyl groups is 1. The van der Waals surface area contributed by atoms with Crippen LogP contribution < -0.4 is 5.32 Å². The average molecular weight is 233 g/mol. The smallest absolute Gasteiger partial charge is 0.0893 e. The fourth-order valence-electron chi connectivity index (χ4n) is 1.09. The van der Waals surface area contributed by atoms with Gasteiger partial charge < -0.3 is 10.4 Å². The Morgan fingerprint density at radius 2 is 2.50 bits per heavy atom. The first-order chi connectivity index (χ1) is 6.77. The summed E-state index contributed by atoms with van der Waals surface area (Å²) in [7, 11) is 0. The van der Waals surface area contributed by atoms with Crippen LogP contribution in [0.4, 0.5) is 0 Å². The molecule has 0 saturated carbocycles. The van der Waals surface area contributed by atoms with Crippen molar-refractivity contribution in [3.63, 3.8) is 0 Å². The van der Waals surface area contributed by atoms with Gasteiger partial charge >= 0.3 is 0 Å². The molecule has 0 fully saturated rings. The van der Waals surface area contributed by atoms with E-state index in [0.29, 0.717) is 6.54 Å². The Kier molecular flexibility index (Phi) is 5.39. The molecule has 6 heteroatoms. The minimum atomic E-state index is 0.199. The van der Waals surface area contributed by atoms with Crippen LogP contribution in [0, 0.1) is 0 Å². The van der Waals surface area contributed by atoms with E-state index in [2.05, 4.69) is 21.8 Å². The summed E-state index contributed by atoms with van der Waals surface area (Å²) in [6.07, 6.45) is 2.00. The first kappa shape index (κ1) is 11.9. The maximum atomic E-state index is 9.07. The Hall–Kier alpha value is -0.170. The number of hydrogen-bond donors (Lipinski definition) is 2. The van der Waals surface area contributed by atoms with Crippen molar-refractivity contribution in [2.75, 3.05) is 12.9 Å². The van der Waals surface area contributed by atoms with Gasteiger partial charge in [0.2, 0.25) is 0 Å². The summed E-state index contributed by atoms with van der Waals surface area (Å²) in [5, 5.41) is 18.5. The monoisotopic (exact) mass is 233 g/mol. The fourth-order valence-corrected chi connectivity index (χ4v) is 2.20. The first-order valence-corrected chi connectivity index (χ1v) is 6.53. The van der Waals surface area contributed by atoms with Crippen LogP contribution in [0.2, 0.25) is 0 Å².